The predicted octanol–water partition coefficient (Wildman–Crippen LogP) is 0.752. The van der Waals surface area contributed by atoms with E-state index in [9.17, 15) is 17.8 Å². The molecule has 1 saturated heterocycles. The van der Waals surface area contributed by atoms with Crippen LogP contribution < -0.4 is 5.73 Å². The zero-order chi connectivity index (χ0) is 13.3. The molecule has 0 atom stereocenters. The SMILES string of the molecule is Nc1c(F)cc(C(=O)N2CCS(=O)CC2)cc1F. The summed E-state index contributed by atoms with van der Waals surface area (Å²) < 4.78 is 37.6. The van der Waals surface area contributed by atoms with E-state index in [1.165, 1.54) is 4.90 Å². The van der Waals surface area contributed by atoms with Crippen molar-refractivity contribution in [2.75, 3.05) is 30.3 Å². The van der Waals surface area contributed by atoms with Crippen LogP contribution in [0.3, 0.4) is 0 Å². The number of amides is 1. The van der Waals surface area contributed by atoms with Crippen LogP contribution in [0.15, 0.2) is 12.1 Å². The van der Waals surface area contributed by atoms with Gasteiger partial charge in [-0.3, -0.25) is 9.00 Å². The van der Waals surface area contributed by atoms with Crippen molar-refractivity contribution in [3.8, 4) is 0 Å². The number of rotatable bonds is 1. The highest BCUT2D eigenvalue weighted by Crippen LogP contribution is 2.19. The second kappa shape index (κ2) is 5.01. The molecule has 0 aliphatic carbocycles. The summed E-state index contributed by atoms with van der Waals surface area (Å²) in [5.41, 5.74) is 4.46. The summed E-state index contributed by atoms with van der Waals surface area (Å²) >= 11 is 0. The van der Waals surface area contributed by atoms with E-state index in [1.807, 2.05) is 0 Å². The van der Waals surface area contributed by atoms with Gasteiger partial charge in [0.15, 0.2) is 0 Å². The van der Waals surface area contributed by atoms with Crippen molar-refractivity contribution in [3.05, 3.63) is 29.3 Å². The van der Waals surface area contributed by atoms with Gasteiger partial charge in [0.25, 0.3) is 5.91 Å². The third kappa shape index (κ3) is 2.50. The van der Waals surface area contributed by atoms with E-state index in [1.54, 1.807) is 0 Å². The average molecular weight is 274 g/mol. The van der Waals surface area contributed by atoms with Crippen LogP contribution in [0.2, 0.25) is 0 Å². The maximum Gasteiger partial charge on any atom is 0.254 e. The third-order valence-corrected chi connectivity index (χ3v) is 4.07. The molecule has 0 aromatic heterocycles. The van der Waals surface area contributed by atoms with Gasteiger partial charge >= 0.3 is 0 Å². The van der Waals surface area contributed by atoms with Crippen molar-refractivity contribution in [2.45, 2.75) is 0 Å². The number of hydrogen-bond donors (Lipinski definition) is 1. The van der Waals surface area contributed by atoms with E-state index in [4.69, 9.17) is 5.73 Å². The fourth-order valence-corrected chi connectivity index (χ4v) is 2.78. The Labute approximate surface area is 105 Å². The average Bonchev–Trinajstić information content (AvgIpc) is 2.35. The monoisotopic (exact) mass is 274 g/mol. The molecule has 98 valence electrons. The molecule has 4 nitrogen and oxygen atoms in total. The first-order chi connectivity index (χ1) is 8.49. The van der Waals surface area contributed by atoms with Crippen molar-refractivity contribution in [2.24, 2.45) is 0 Å². The summed E-state index contributed by atoms with van der Waals surface area (Å²) in [7, 11) is -0.908. The molecule has 2 N–H and O–H groups in total. The minimum atomic E-state index is -0.945. The molecule has 0 radical (unpaired) electrons. The molecule has 1 aliphatic rings. The lowest BCUT2D eigenvalue weighted by molar-refractivity contribution is 0.0770. The number of benzene rings is 1. The topological polar surface area (TPSA) is 63.4 Å². The number of carbonyl (C=O) groups excluding carboxylic acids is 1. The van der Waals surface area contributed by atoms with Crippen LogP contribution in [0, 0.1) is 11.6 Å². The van der Waals surface area contributed by atoms with Crippen LogP contribution in [-0.4, -0.2) is 39.6 Å². The predicted molar refractivity (Wildman–Crippen MR) is 64.6 cm³/mol. The number of nitrogen functional groups attached to an aromatic ring is 1. The fourth-order valence-electron chi connectivity index (χ4n) is 1.73. The molecule has 0 bridgehead atoms. The molecule has 1 aromatic rings. The van der Waals surface area contributed by atoms with Gasteiger partial charge in [0.1, 0.15) is 17.3 Å². The third-order valence-electron chi connectivity index (χ3n) is 2.79. The van der Waals surface area contributed by atoms with E-state index in [0.717, 1.165) is 12.1 Å². The van der Waals surface area contributed by atoms with E-state index >= 15 is 0 Å². The van der Waals surface area contributed by atoms with Crippen LogP contribution in [0.5, 0.6) is 0 Å². The first-order valence-electron chi connectivity index (χ1n) is 5.38. The van der Waals surface area contributed by atoms with Gasteiger partial charge in [-0.2, -0.15) is 0 Å². The zero-order valence-corrected chi connectivity index (χ0v) is 10.3. The van der Waals surface area contributed by atoms with Crippen molar-refractivity contribution < 1.29 is 17.8 Å². The van der Waals surface area contributed by atoms with Crippen LogP contribution in [0.4, 0.5) is 14.5 Å². The van der Waals surface area contributed by atoms with Crippen LogP contribution in [0.25, 0.3) is 0 Å². The summed E-state index contributed by atoms with van der Waals surface area (Å²) in [6.45, 7) is 0.665. The number of hydrogen-bond acceptors (Lipinski definition) is 3. The Morgan fingerprint density at radius 3 is 2.22 bits per heavy atom. The Balaban J connectivity index is 2.21. The lowest BCUT2D eigenvalue weighted by Gasteiger charge is -2.26. The molecule has 1 heterocycles. The Morgan fingerprint density at radius 2 is 1.72 bits per heavy atom. The van der Waals surface area contributed by atoms with E-state index < -0.39 is 34.0 Å². The molecule has 1 aliphatic heterocycles. The highest BCUT2D eigenvalue weighted by Gasteiger charge is 2.22. The molecular formula is C11H12F2N2O2S. The molecule has 1 amide bonds. The highest BCUT2D eigenvalue weighted by molar-refractivity contribution is 7.85. The molecule has 0 spiro atoms. The highest BCUT2D eigenvalue weighted by atomic mass is 32.2. The molecule has 0 saturated carbocycles. The number of nitrogens with zero attached hydrogens (tertiary/aromatic N) is 1. The summed E-state index contributed by atoms with van der Waals surface area (Å²) in [6.07, 6.45) is 0. The molecule has 7 heteroatoms. The van der Waals surface area contributed by atoms with Gasteiger partial charge in [-0.1, -0.05) is 0 Å². The van der Waals surface area contributed by atoms with Gasteiger partial charge in [0.05, 0.1) is 0 Å². The Morgan fingerprint density at radius 1 is 1.22 bits per heavy atom. The van der Waals surface area contributed by atoms with E-state index in [-0.39, 0.29) is 5.56 Å². The first kappa shape index (κ1) is 12.9. The van der Waals surface area contributed by atoms with E-state index in [0.29, 0.717) is 24.6 Å². The lowest BCUT2D eigenvalue weighted by Crippen LogP contribution is -2.41. The van der Waals surface area contributed by atoms with Crippen molar-refractivity contribution in [3.63, 3.8) is 0 Å². The molecule has 1 fully saturated rings. The molecular weight excluding hydrogens is 262 g/mol. The first-order valence-corrected chi connectivity index (χ1v) is 6.86. The van der Waals surface area contributed by atoms with Crippen molar-refractivity contribution in [1.82, 2.24) is 4.90 Å². The quantitative estimate of drug-likeness (QED) is 0.769. The van der Waals surface area contributed by atoms with Gasteiger partial charge in [0.2, 0.25) is 0 Å². The number of halogens is 2. The van der Waals surface area contributed by atoms with Gasteiger partial charge in [-0.05, 0) is 12.1 Å². The second-order valence-corrected chi connectivity index (χ2v) is 5.69. The van der Waals surface area contributed by atoms with Gasteiger partial charge in [-0.25, -0.2) is 8.78 Å². The maximum atomic E-state index is 13.2. The molecule has 1 aromatic carbocycles. The summed E-state index contributed by atoms with van der Waals surface area (Å²) in [5.74, 6) is -1.57. The summed E-state index contributed by atoms with van der Waals surface area (Å²) in [4.78, 5) is 13.4. The van der Waals surface area contributed by atoms with Gasteiger partial charge in [-0.15, -0.1) is 0 Å². The van der Waals surface area contributed by atoms with Crippen molar-refractivity contribution >= 4 is 22.4 Å². The lowest BCUT2D eigenvalue weighted by atomic mass is 10.1. The van der Waals surface area contributed by atoms with E-state index in [2.05, 4.69) is 0 Å². The van der Waals surface area contributed by atoms with Crippen LogP contribution >= 0.6 is 0 Å². The Kier molecular flexibility index (Phi) is 3.60. The second-order valence-electron chi connectivity index (χ2n) is 3.99. The van der Waals surface area contributed by atoms with Gasteiger partial charge < -0.3 is 10.6 Å². The number of nitrogens with two attached hydrogens (primary N) is 1. The van der Waals surface area contributed by atoms with Crippen LogP contribution in [0.1, 0.15) is 10.4 Å². The largest absolute Gasteiger partial charge is 0.394 e. The van der Waals surface area contributed by atoms with Crippen LogP contribution in [-0.2, 0) is 10.8 Å². The number of anilines is 1. The van der Waals surface area contributed by atoms with Gasteiger partial charge in [0, 0.05) is 41.0 Å². The van der Waals surface area contributed by atoms with Crippen molar-refractivity contribution in [1.29, 1.82) is 0 Å². The zero-order valence-electron chi connectivity index (χ0n) is 9.49. The normalized spacial score (nSPS) is 16.9. The fraction of sp³-hybridized carbons (Fsp3) is 0.364. The number of carbonyl (C=O) groups is 1. The Bertz CT molecular complexity index is 489. The standard InChI is InChI=1S/C11H12F2N2O2S/c12-8-5-7(6-9(13)10(8)14)11(16)15-1-3-18(17)4-2-15/h5-6H,1-4,14H2. The maximum absolute atomic E-state index is 13.2. The Hall–Kier alpha value is -1.50. The minimum absolute atomic E-state index is 0.0770. The summed E-state index contributed by atoms with van der Waals surface area (Å²) in [5, 5.41) is 0. The molecule has 2 rings (SSSR count). The molecule has 18 heavy (non-hydrogen) atoms. The summed E-state index contributed by atoms with van der Waals surface area (Å²) in [6, 6.07) is 1.85. The molecule has 0 unspecified atom stereocenters. The minimum Gasteiger partial charge on any atom is -0.394 e. The smallest absolute Gasteiger partial charge is 0.254 e.